The second kappa shape index (κ2) is 7.06. The second-order valence-corrected chi connectivity index (χ2v) is 7.69. The van der Waals surface area contributed by atoms with Gasteiger partial charge >= 0.3 is 0 Å². The molecule has 1 aromatic heterocycles. The normalized spacial score (nSPS) is 11.5. The molecule has 0 aliphatic carbocycles. The number of hydrogen-bond acceptors (Lipinski definition) is 4. The molecule has 2 aromatic rings. The number of hydrogen-bond donors (Lipinski definition) is 2. The van der Waals surface area contributed by atoms with Crippen LogP contribution in [0.25, 0.3) is 0 Å². The third-order valence-electron chi connectivity index (χ3n) is 3.09. The van der Waals surface area contributed by atoms with Crippen LogP contribution in [0.2, 0.25) is 0 Å². The molecule has 6 heteroatoms. The van der Waals surface area contributed by atoms with Gasteiger partial charge in [0.2, 0.25) is 0 Å². The highest BCUT2D eigenvalue weighted by Gasteiger charge is 2.18. The molecule has 1 aromatic carbocycles. The zero-order chi connectivity index (χ0) is 15.3. The Kier molecular flexibility index (Phi) is 5.39. The van der Waals surface area contributed by atoms with Crippen molar-refractivity contribution in [1.82, 2.24) is 5.32 Å². The van der Waals surface area contributed by atoms with Crippen LogP contribution < -0.4 is 10.0 Å². The summed E-state index contributed by atoms with van der Waals surface area (Å²) < 4.78 is 27.9. The number of thiophene rings is 1. The maximum absolute atomic E-state index is 12.4. The van der Waals surface area contributed by atoms with E-state index < -0.39 is 10.0 Å². The van der Waals surface area contributed by atoms with Crippen molar-refractivity contribution in [2.24, 2.45) is 0 Å². The van der Waals surface area contributed by atoms with Crippen LogP contribution >= 0.6 is 11.3 Å². The van der Waals surface area contributed by atoms with E-state index in [9.17, 15) is 8.42 Å². The highest BCUT2D eigenvalue weighted by Crippen LogP contribution is 2.25. The van der Waals surface area contributed by atoms with Gasteiger partial charge < -0.3 is 5.32 Å². The molecule has 0 fully saturated rings. The SMILES string of the molecule is CCNCc1ccc(S(=O)(=O)Nc2ccccc2CC)s1. The Labute approximate surface area is 130 Å². The monoisotopic (exact) mass is 324 g/mol. The van der Waals surface area contributed by atoms with E-state index >= 15 is 0 Å². The Bertz CT molecular complexity index is 693. The average Bonchev–Trinajstić information content (AvgIpc) is 2.95. The molecule has 0 saturated carbocycles. The van der Waals surface area contributed by atoms with E-state index in [2.05, 4.69) is 10.0 Å². The van der Waals surface area contributed by atoms with Gasteiger partial charge in [0.25, 0.3) is 10.0 Å². The van der Waals surface area contributed by atoms with Gasteiger partial charge in [0.05, 0.1) is 5.69 Å². The molecule has 0 unspecified atom stereocenters. The summed E-state index contributed by atoms with van der Waals surface area (Å²) in [6.45, 7) is 5.59. The van der Waals surface area contributed by atoms with Crippen LogP contribution in [-0.2, 0) is 23.0 Å². The zero-order valence-electron chi connectivity index (χ0n) is 12.2. The summed E-state index contributed by atoms with van der Waals surface area (Å²) in [4.78, 5) is 1.01. The lowest BCUT2D eigenvalue weighted by atomic mass is 10.1. The summed E-state index contributed by atoms with van der Waals surface area (Å²) in [5.74, 6) is 0. The molecule has 0 aliphatic rings. The maximum atomic E-state index is 12.4. The number of benzene rings is 1. The van der Waals surface area contributed by atoms with Gasteiger partial charge in [-0.25, -0.2) is 8.42 Å². The molecule has 114 valence electrons. The van der Waals surface area contributed by atoms with E-state index in [4.69, 9.17) is 0 Å². The number of aryl methyl sites for hydroxylation is 1. The molecule has 0 spiro atoms. The van der Waals surface area contributed by atoms with E-state index in [0.29, 0.717) is 16.4 Å². The summed E-state index contributed by atoms with van der Waals surface area (Å²) in [5.41, 5.74) is 1.65. The van der Waals surface area contributed by atoms with Crippen molar-refractivity contribution in [3.63, 3.8) is 0 Å². The molecule has 0 bridgehead atoms. The van der Waals surface area contributed by atoms with Gasteiger partial charge in [0.15, 0.2) is 0 Å². The van der Waals surface area contributed by atoms with Gasteiger partial charge in [-0.1, -0.05) is 32.0 Å². The minimum atomic E-state index is -3.51. The van der Waals surface area contributed by atoms with Gasteiger partial charge in [-0.3, -0.25) is 4.72 Å². The van der Waals surface area contributed by atoms with Crippen LogP contribution in [0.15, 0.2) is 40.6 Å². The van der Waals surface area contributed by atoms with Crippen LogP contribution in [0.1, 0.15) is 24.3 Å². The Hall–Kier alpha value is -1.37. The smallest absolute Gasteiger partial charge is 0.271 e. The van der Waals surface area contributed by atoms with Crippen LogP contribution in [0.4, 0.5) is 5.69 Å². The summed E-state index contributed by atoms with van der Waals surface area (Å²) in [5, 5.41) is 3.19. The maximum Gasteiger partial charge on any atom is 0.271 e. The number of anilines is 1. The van der Waals surface area contributed by atoms with Crippen molar-refractivity contribution in [3.8, 4) is 0 Å². The van der Waals surface area contributed by atoms with E-state index in [1.807, 2.05) is 38.1 Å². The second-order valence-electron chi connectivity index (χ2n) is 4.62. The van der Waals surface area contributed by atoms with Crippen LogP contribution in [0.5, 0.6) is 0 Å². The molecule has 2 rings (SSSR count). The van der Waals surface area contributed by atoms with E-state index in [-0.39, 0.29) is 0 Å². The summed E-state index contributed by atoms with van der Waals surface area (Å²) in [6.07, 6.45) is 0.787. The lowest BCUT2D eigenvalue weighted by Gasteiger charge is -2.10. The van der Waals surface area contributed by atoms with Crippen LogP contribution in [-0.4, -0.2) is 15.0 Å². The van der Waals surface area contributed by atoms with Gasteiger partial charge in [0.1, 0.15) is 4.21 Å². The average molecular weight is 324 g/mol. The lowest BCUT2D eigenvalue weighted by Crippen LogP contribution is -2.13. The quantitative estimate of drug-likeness (QED) is 0.822. The third-order valence-corrected chi connectivity index (χ3v) is 6.04. The lowest BCUT2D eigenvalue weighted by molar-refractivity contribution is 0.603. The topological polar surface area (TPSA) is 58.2 Å². The molecule has 0 amide bonds. The van der Waals surface area contributed by atoms with E-state index in [1.165, 1.54) is 11.3 Å². The van der Waals surface area contributed by atoms with E-state index in [1.54, 1.807) is 12.1 Å². The molecular weight excluding hydrogens is 304 g/mol. The number of sulfonamides is 1. The molecule has 4 nitrogen and oxygen atoms in total. The molecule has 1 heterocycles. The molecule has 0 atom stereocenters. The Morgan fingerprint density at radius 3 is 2.57 bits per heavy atom. The van der Waals surface area contributed by atoms with E-state index in [0.717, 1.165) is 23.4 Å². The van der Waals surface area contributed by atoms with Crippen LogP contribution in [0, 0.1) is 0 Å². The largest absolute Gasteiger partial charge is 0.312 e. The van der Waals surface area contributed by atoms with Gasteiger partial charge in [-0.15, -0.1) is 11.3 Å². The number of rotatable bonds is 7. The first-order valence-corrected chi connectivity index (χ1v) is 9.27. The zero-order valence-corrected chi connectivity index (χ0v) is 13.9. The fraction of sp³-hybridized carbons (Fsp3) is 0.333. The van der Waals surface area contributed by atoms with Crippen molar-refractivity contribution in [2.75, 3.05) is 11.3 Å². The molecule has 0 saturated heterocycles. The molecule has 0 radical (unpaired) electrons. The highest BCUT2D eigenvalue weighted by molar-refractivity contribution is 7.94. The van der Waals surface area contributed by atoms with Crippen molar-refractivity contribution in [1.29, 1.82) is 0 Å². The predicted molar refractivity (Wildman–Crippen MR) is 88.3 cm³/mol. The van der Waals surface area contributed by atoms with Crippen molar-refractivity contribution < 1.29 is 8.42 Å². The van der Waals surface area contributed by atoms with Crippen LogP contribution in [0.3, 0.4) is 0 Å². The fourth-order valence-electron chi connectivity index (χ4n) is 1.97. The Morgan fingerprint density at radius 1 is 1.10 bits per heavy atom. The Morgan fingerprint density at radius 2 is 1.86 bits per heavy atom. The minimum absolute atomic E-state index is 0.348. The van der Waals surface area contributed by atoms with Gasteiger partial charge in [-0.05, 0) is 36.7 Å². The predicted octanol–water partition coefficient (Wildman–Crippen LogP) is 3.22. The summed E-state index contributed by atoms with van der Waals surface area (Å²) >= 11 is 1.30. The summed E-state index contributed by atoms with van der Waals surface area (Å²) in [7, 11) is -3.51. The number of nitrogens with one attached hydrogen (secondary N) is 2. The van der Waals surface area contributed by atoms with Gasteiger partial charge in [0, 0.05) is 11.4 Å². The highest BCUT2D eigenvalue weighted by atomic mass is 32.2. The van der Waals surface area contributed by atoms with Gasteiger partial charge in [-0.2, -0.15) is 0 Å². The first kappa shape index (κ1) is 16.0. The molecule has 0 aliphatic heterocycles. The van der Waals surface area contributed by atoms with Crippen molar-refractivity contribution >= 4 is 27.0 Å². The standard InChI is InChI=1S/C15H20N2O2S2/c1-3-12-7-5-6-8-14(12)17-21(18,19)15-10-9-13(20-15)11-16-4-2/h5-10,16-17H,3-4,11H2,1-2H3. The first-order chi connectivity index (χ1) is 10.1. The fourth-order valence-corrected chi connectivity index (χ4v) is 4.40. The minimum Gasteiger partial charge on any atom is -0.312 e. The molecular formula is C15H20N2O2S2. The first-order valence-electron chi connectivity index (χ1n) is 6.97. The number of para-hydroxylation sites is 1. The molecule has 21 heavy (non-hydrogen) atoms. The Balaban J connectivity index is 2.20. The third kappa shape index (κ3) is 4.06. The summed E-state index contributed by atoms with van der Waals surface area (Å²) in [6, 6.07) is 11.0. The molecule has 2 N–H and O–H groups in total. The van der Waals surface area contributed by atoms with Crippen molar-refractivity contribution in [3.05, 3.63) is 46.8 Å². The van der Waals surface area contributed by atoms with Crippen molar-refractivity contribution in [2.45, 2.75) is 31.0 Å².